The van der Waals surface area contributed by atoms with Crippen molar-refractivity contribution in [3.05, 3.63) is 29.3 Å². The second-order valence-corrected chi connectivity index (χ2v) is 15.1. The molecule has 2 N–H and O–H groups in total. The quantitative estimate of drug-likeness (QED) is 0.0737. The fraction of sp³-hybridized carbons (Fsp3) is 0.842. The first-order valence-corrected chi connectivity index (χ1v) is 19.3. The Kier molecular flexibility index (Phi) is 22.2. The molecule has 0 bridgehead atoms. The van der Waals surface area contributed by atoms with Crippen molar-refractivity contribution in [1.29, 1.82) is 0 Å². The van der Waals surface area contributed by atoms with Crippen LogP contribution in [-0.2, 0) is 10.8 Å². The van der Waals surface area contributed by atoms with Gasteiger partial charge in [0.05, 0.1) is 0 Å². The molecule has 0 aromatic heterocycles. The van der Waals surface area contributed by atoms with Gasteiger partial charge in [0.15, 0.2) is 0 Å². The summed E-state index contributed by atoms with van der Waals surface area (Å²) in [6.07, 6.45) is 32.2. The molecule has 0 fully saturated rings. The van der Waals surface area contributed by atoms with Crippen LogP contribution in [0.1, 0.15) is 207 Å². The normalized spacial score (nSPS) is 12.4. The lowest BCUT2D eigenvalue weighted by Gasteiger charge is -2.32. The first-order valence-electron chi connectivity index (χ1n) is 18.1. The zero-order valence-corrected chi connectivity index (χ0v) is 29.8. The SMILES string of the molecule is CCCCCCCCCCCCCC(C)(C)c1ccc(OP(O)O)c(C(C)(C)CCCCCCCCCCCCC)c1. The highest BCUT2D eigenvalue weighted by Crippen LogP contribution is 2.43. The summed E-state index contributed by atoms with van der Waals surface area (Å²) in [6, 6.07) is 6.44. The molecular formula is C38H71O3P. The summed E-state index contributed by atoms with van der Waals surface area (Å²) < 4.78 is 5.55. The molecule has 0 unspecified atom stereocenters. The van der Waals surface area contributed by atoms with Gasteiger partial charge < -0.3 is 14.3 Å². The molecule has 0 aliphatic rings. The van der Waals surface area contributed by atoms with E-state index in [0.29, 0.717) is 5.75 Å². The van der Waals surface area contributed by atoms with Gasteiger partial charge >= 0.3 is 8.60 Å². The van der Waals surface area contributed by atoms with Gasteiger partial charge in [-0.3, -0.25) is 0 Å². The molecule has 0 heterocycles. The lowest BCUT2D eigenvalue weighted by atomic mass is 9.74. The molecule has 246 valence electrons. The standard InChI is InChI=1S/C38H71O3P/c1-7-9-11-13-15-17-19-21-23-25-27-31-37(3,4)34-29-30-36(41-42(39)40)35(33-34)38(5,6)32-28-26-24-22-20-18-16-14-12-10-8-2/h29-30,33,39-40H,7-28,31-32H2,1-6H3. The van der Waals surface area contributed by atoms with Crippen LogP contribution in [0.3, 0.4) is 0 Å². The summed E-state index contributed by atoms with van der Waals surface area (Å²) in [5.74, 6) is 0.633. The van der Waals surface area contributed by atoms with Gasteiger partial charge in [-0.2, -0.15) is 0 Å². The number of rotatable bonds is 28. The van der Waals surface area contributed by atoms with Gasteiger partial charge in [0.1, 0.15) is 5.75 Å². The van der Waals surface area contributed by atoms with Gasteiger partial charge in [-0.05, 0) is 35.3 Å². The van der Waals surface area contributed by atoms with E-state index in [2.05, 4.69) is 53.7 Å². The van der Waals surface area contributed by atoms with Crippen LogP contribution in [0.5, 0.6) is 5.75 Å². The minimum atomic E-state index is -2.43. The maximum Gasteiger partial charge on any atom is 0.391 e. The van der Waals surface area contributed by atoms with E-state index >= 15 is 0 Å². The van der Waals surface area contributed by atoms with Crippen molar-refractivity contribution >= 4 is 8.60 Å². The maximum absolute atomic E-state index is 9.67. The Morgan fingerprint density at radius 3 is 1.26 bits per heavy atom. The highest BCUT2D eigenvalue weighted by molar-refractivity contribution is 7.39. The second kappa shape index (κ2) is 23.7. The van der Waals surface area contributed by atoms with Gasteiger partial charge in [-0.1, -0.05) is 195 Å². The third-order valence-corrected chi connectivity index (χ3v) is 9.84. The Bertz CT molecular complexity index is 774. The van der Waals surface area contributed by atoms with E-state index in [1.54, 1.807) is 0 Å². The van der Waals surface area contributed by atoms with E-state index in [0.717, 1.165) is 12.0 Å². The van der Waals surface area contributed by atoms with Crippen LogP contribution in [0.2, 0.25) is 0 Å². The average Bonchev–Trinajstić information content (AvgIpc) is 2.94. The monoisotopic (exact) mass is 607 g/mol. The Morgan fingerprint density at radius 1 is 0.524 bits per heavy atom. The molecule has 1 rings (SSSR count). The van der Waals surface area contributed by atoms with Gasteiger partial charge in [0, 0.05) is 5.56 Å². The Morgan fingerprint density at radius 2 is 0.881 bits per heavy atom. The van der Waals surface area contributed by atoms with Crippen LogP contribution < -0.4 is 4.52 Å². The maximum atomic E-state index is 9.67. The molecule has 0 radical (unpaired) electrons. The summed E-state index contributed by atoms with van der Waals surface area (Å²) in [6.45, 7) is 13.9. The molecule has 1 aromatic rings. The van der Waals surface area contributed by atoms with E-state index in [9.17, 15) is 9.79 Å². The van der Waals surface area contributed by atoms with E-state index in [1.807, 2.05) is 6.07 Å². The molecule has 3 nitrogen and oxygen atoms in total. The zero-order chi connectivity index (χ0) is 31.1. The van der Waals surface area contributed by atoms with Gasteiger partial charge in [0.25, 0.3) is 0 Å². The van der Waals surface area contributed by atoms with Crippen LogP contribution >= 0.6 is 8.60 Å². The highest BCUT2D eigenvalue weighted by Gasteiger charge is 2.29. The molecule has 0 saturated heterocycles. The van der Waals surface area contributed by atoms with Crippen molar-refractivity contribution in [3.8, 4) is 5.75 Å². The summed E-state index contributed by atoms with van der Waals surface area (Å²) in [7, 11) is -2.43. The van der Waals surface area contributed by atoms with Crippen LogP contribution in [-0.4, -0.2) is 9.79 Å². The highest BCUT2D eigenvalue weighted by atomic mass is 31.2. The molecule has 0 aliphatic heterocycles. The average molecular weight is 607 g/mol. The number of hydrogen-bond donors (Lipinski definition) is 2. The second-order valence-electron chi connectivity index (χ2n) is 14.4. The molecule has 4 heteroatoms. The topological polar surface area (TPSA) is 49.7 Å². The molecule has 0 saturated carbocycles. The van der Waals surface area contributed by atoms with E-state index in [1.165, 1.54) is 153 Å². The minimum Gasteiger partial charge on any atom is -0.427 e. The lowest BCUT2D eigenvalue weighted by molar-refractivity contribution is 0.363. The van der Waals surface area contributed by atoms with E-state index in [-0.39, 0.29) is 10.8 Å². The van der Waals surface area contributed by atoms with Crippen molar-refractivity contribution in [1.82, 2.24) is 0 Å². The lowest BCUT2D eigenvalue weighted by Crippen LogP contribution is -2.22. The van der Waals surface area contributed by atoms with Crippen LogP contribution in [0.25, 0.3) is 0 Å². The fourth-order valence-corrected chi connectivity index (χ4v) is 6.72. The molecule has 0 amide bonds. The van der Waals surface area contributed by atoms with Crippen LogP contribution in [0.15, 0.2) is 18.2 Å². The number of hydrogen-bond acceptors (Lipinski definition) is 3. The fourth-order valence-electron chi connectivity index (χ4n) is 6.39. The van der Waals surface area contributed by atoms with Crippen molar-refractivity contribution in [3.63, 3.8) is 0 Å². The summed E-state index contributed by atoms with van der Waals surface area (Å²) in [5, 5.41) is 0. The Balaban J connectivity index is 2.54. The van der Waals surface area contributed by atoms with E-state index in [4.69, 9.17) is 4.52 Å². The predicted molar refractivity (Wildman–Crippen MR) is 187 cm³/mol. The van der Waals surface area contributed by atoms with Crippen molar-refractivity contribution in [2.45, 2.75) is 206 Å². The van der Waals surface area contributed by atoms with E-state index < -0.39 is 8.60 Å². The largest absolute Gasteiger partial charge is 0.427 e. The molecule has 42 heavy (non-hydrogen) atoms. The summed E-state index contributed by atoms with van der Waals surface area (Å²) in [5.41, 5.74) is 2.46. The van der Waals surface area contributed by atoms with Crippen LogP contribution in [0, 0.1) is 0 Å². The third kappa shape index (κ3) is 18.2. The van der Waals surface area contributed by atoms with Crippen molar-refractivity contribution < 1.29 is 14.3 Å². The molecule has 0 atom stereocenters. The first-order chi connectivity index (χ1) is 20.1. The smallest absolute Gasteiger partial charge is 0.391 e. The predicted octanol–water partition coefficient (Wildman–Crippen LogP) is 13.2. The first kappa shape index (κ1) is 39.4. The minimum absolute atomic E-state index is 0.0808. The van der Waals surface area contributed by atoms with Gasteiger partial charge in [-0.25, -0.2) is 0 Å². The Labute approximate surface area is 264 Å². The Hall–Kier alpha value is -0.630. The molecule has 0 spiro atoms. The van der Waals surface area contributed by atoms with Gasteiger partial charge in [0.2, 0.25) is 0 Å². The third-order valence-electron chi connectivity index (χ3n) is 9.48. The summed E-state index contributed by atoms with van der Waals surface area (Å²) in [4.78, 5) is 19.3. The summed E-state index contributed by atoms with van der Waals surface area (Å²) >= 11 is 0. The molecule has 0 aliphatic carbocycles. The van der Waals surface area contributed by atoms with Gasteiger partial charge in [-0.15, -0.1) is 0 Å². The zero-order valence-electron chi connectivity index (χ0n) is 29.0. The van der Waals surface area contributed by atoms with Crippen LogP contribution in [0.4, 0.5) is 0 Å². The van der Waals surface area contributed by atoms with Crippen molar-refractivity contribution in [2.24, 2.45) is 0 Å². The van der Waals surface area contributed by atoms with Crippen molar-refractivity contribution in [2.75, 3.05) is 0 Å². The number of benzene rings is 1. The molecule has 1 aromatic carbocycles. The molecular weight excluding hydrogens is 535 g/mol. The number of unbranched alkanes of at least 4 members (excludes halogenated alkanes) is 20.